The Morgan fingerprint density at radius 3 is 2.58 bits per heavy atom. The van der Waals surface area contributed by atoms with Gasteiger partial charge in [0.1, 0.15) is 18.1 Å². The van der Waals surface area contributed by atoms with Crippen LogP contribution >= 0.6 is 15.9 Å². The Kier molecular flexibility index (Phi) is 5.05. The molecule has 0 radical (unpaired) electrons. The SMILES string of the molecule is Cc1occc1CN(C)CCOc1ccc(Br)cc1. The number of nitrogens with zero attached hydrogens (tertiary/aromatic N) is 1. The van der Waals surface area contributed by atoms with Crippen molar-refractivity contribution < 1.29 is 9.15 Å². The van der Waals surface area contributed by atoms with Gasteiger partial charge >= 0.3 is 0 Å². The van der Waals surface area contributed by atoms with Crippen LogP contribution < -0.4 is 4.74 Å². The van der Waals surface area contributed by atoms with E-state index in [1.54, 1.807) is 6.26 Å². The Balaban J connectivity index is 1.73. The van der Waals surface area contributed by atoms with Crippen LogP contribution in [-0.2, 0) is 6.54 Å². The monoisotopic (exact) mass is 323 g/mol. The maximum Gasteiger partial charge on any atom is 0.119 e. The van der Waals surface area contributed by atoms with Gasteiger partial charge in [-0.1, -0.05) is 15.9 Å². The summed E-state index contributed by atoms with van der Waals surface area (Å²) in [4.78, 5) is 2.22. The van der Waals surface area contributed by atoms with E-state index in [2.05, 4.69) is 27.9 Å². The Morgan fingerprint density at radius 1 is 1.21 bits per heavy atom. The third-order valence-corrected chi connectivity index (χ3v) is 3.49. The molecule has 0 spiro atoms. The molecule has 0 bridgehead atoms. The molecule has 0 aliphatic rings. The summed E-state index contributed by atoms with van der Waals surface area (Å²) in [6.45, 7) is 4.42. The number of furan rings is 1. The number of ether oxygens (including phenoxy) is 1. The molecule has 0 atom stereocenters. The van der Waals surface area contributed by atoms with E-state index in [4.69, 9.17) is 9.15 Å². The molecule has 102 valence electrons. The van der Waals surface area contributed by atoms with Crippen LogP contribution in [-0.4, -0.2) is 25.1 Å². The number of aryl methyl sites for hydroxylation is 1. The van der Waals surface area contributed by atoms with Crippen molar-refractivity contribution in [2.75, 3.05) is 20.2 Å². The van der Waals surface area contributed by atoms with Gasteiger partial charge < -0.3 is 9.15 Å². The molecule has 1 aromatic carbocycles. The molecule has 0 aliphatic carbocycles. The molecule has 0 saturated carbocycles. The highest BCUT2D eigenvalue weighted by Gasteiger charge is 2.05. The summed E-state index contributed by atoms with van der Waals surface area (Å²) in [6, 6.07) is 9.90. The number of rotatable bonds is 6. The van der Waals surface area contributed by atoms with Crippen LogP contribution in [0.25, 0.3) is 0 Å². The summed E-state index contributed by atoms with van der Waals surface area (Å²) in [6.07, 6.45) is 1.73. The predicted molar refractivity (Wildman–Crippen MR) is 79.4 cm³/mol. The van der Waals surface area contributed by atoms with E-state index in [0.717, 1.165) is 29.1 Å². The van der Waals surface area contributed by atoms with Crippen LogP contribution in [0.3, 0.4) is 0 Å². The van der Waals surface area contributed by atoms with Crippen LogP contribution in [0.5, 0.6) is 5.75 Å². The lowest BCUT2D eigenvalue weighted by molar-refractivity contribution is 0.232. The number of hydrogen-bond donors (Lipinski definition) is 0. The van der Waals surface area contributed by atoms with Crippen molar-refractivity contribution in [3.05, 3.63) is 52.4 Å². The number of benzene rings is 1. The Bertz CT molecular complexity index is 507. The Labute approximate surface area is 122 Å². The van der Waals surface area contributed by atoms with Crippen molar-refractivity contribution >= 4 is 15.9 Å². The van der Waals surface area contributed by atoms with Gasteiger partial charge in [-0.05, 0) is 44.3 Å². The minimum Gasteiger partial charge on any atom is -0.492 e. The molecule has 0 aliphatic heterocycles. The fraction of sp³-hybridized carbons (Fsp3) is 0.333. The van der Waals surface area contributed by atoms with Crippen LogP contribution in [0.2, 0.25) is 0 Å². The number of hydrogen-bond acceptors (Lipinski definition) is 3. The van der Waals surface area contributed by atoms with Gasteiger partial charge in [0, 0.05) is 23.1 Å². The molecule has 0 unspecified atom stereocenters. The molecular formula is C15H18BrNO2. The van der Waals surface area contributed by atoms with E-state index < -0.39 is 0 Å². The van der Waals surface area contributed by atoms with Gasteiger partial charge in [-0.15, -0.1) is 0 Å². The second kappa shape index (κ2) is 6.78. The van der Waals surface area contributed by atoms with Gasteiger partial charge in [-0.25, -0.2) is 0 Å². The van der Waals surface area contributed by atoms with E-state index >= 15 is 0 Å². The lowest BCUT2D eigenvalue weighted by Crippen LogP contribution is -2.23. The first-order valence-corrected chi connectivity index (χ1v) is 7.04. The molecule has 19 heavy (non-hydrogen) atoms. The maximum atomic E-state index is 5.70. The molecule has 0 fully saturated rings. The Morgan fingerprint density at radius 2 is 1.95 bits per heavy atom. The molecule has 0 N–H and O–H groups in total. The van der Waals surface area contributed by atoms with Crippen molar-refractivity contribution in [1.29, 1.82) is 0 Å². The van der Waals surface area contributed by atoms with Gasteiger partial charge in [0.15, 0.2) is 0 Å². The van der Waals surface area contributed by atoms with Crippen LogP contribution in [0.4, 0.5) is 0 Å². The van der Waals surface area contributed by atoms with Crippen LogP contribution in [0, 0.1) is 6.92 Å². The van der Waals surface area contributed by atoms with Crippen molar-refractivity contribution in [2.24, 2.45) is 0 Å². The third kappa shape index (κ3) is 4.40. The zero-order chi connectivity index (χ0) is 13.7. The van der Waals surface area contributed by atoms with Crippen molar-refractivity contribution in [3.8, 4) is 5.75 Å². The second-order valence-corrected chi connectivity index (χ2v) is 5.46. The fourth-order valence-electron chi connectivity index (χ4n) is 1.80. The van der Waals surface area contributed by atoms with Crippen molar-refractivity contribution in [1.82, 2.24) is 4.90 Å². The predicted octanol–water partition coefficient (Wildman–Crippen LogP) is 3.86. The van der Waals surface area contributed by atoms with Gasteiger partial charge in [-0.3, -0.25) is 4.90 Å². The molecule has 1 heterocycles. The quantitative estimate of drug-likeness (QED) is 0.807. The molecule has 3 nitrogen and oxygen atoms in total. The minimum absolute atomic E-state index is 0.676. The van der Waals surface area contributed by atoms with E-state index in [9.17, 15) is 0 Å². The van der Waals surface area contributed by atoms with Gasteiger partial charge in [0.05, 0.1) is 6.26 Å². The zero-order valence-electron chi connectivity index (χ0n) is 11.2. The summed E-state index contributed by atoms with van der Waals surface area (Å²) in [5.41, 5.74) is 1.23. The first-order valence-electron chi connectivity index (χ1n) is 6.25. The summed E-state index contributed by atoms with van der Waals surface area (Å²) in [5, 5.41) is 0. The third-order valence-electron chi connectivity index (χ3n) is 2.96. The zero-order valence-corrected chi connectivity index (χ0v) is 12.8. The largest absolute Gasteiger partial charge is 0.492 e. The average Bonchev–Trinajstić information content (AvgIpc) is 2.78. The second-order valence-electron chi connectivity index (χ2n) is 4.54. The van der Waals surface area contributed by atoms with Crippen LogP contribution in [0.15, 0.2) is 45.5 Å². The van der Waals surface area contributed by atoms with Gasteiger partial charge in [0.2, 0.25) is 0 Å². The van der Waals surface area contributed by atoms with Crippen molar-refractivity contribution in [2.45, 2.75) is 13.5 Å². The van der Waals surface area contributed by atoms with Crippen LogP contribution in [0.1, 0.15) is 11.3 Å². The van der Waals surface area contributed by atoms with Crippen molar-refractivity contribution in [3.63, 3.8) is 0 Å². The first kappa shape index (κ1) is 14.2. The lowest BCUT2D eigenvalue weighted by atomic mass is 10.2. The summed E-state index contributed by atoms with van der Waals surface area (Å²) in [7, 11) is 2.08. The van der Waals surface area contributed by atoms with Gasteiger partial charge in [0.25, 0.3) is 0 Å². The average molecular weight is 324 g/mol. The molecule has 2 rings (SSSR count). The highest BCUT2D eigenvalue weighted by Crippen LogP contribution is 2.16. The molecule has 4 heteroatoms. The topological polar surface area (TPSA) is 25.6 Å². The lowest BCUT2D eigenvalue weighted by Gasteiger charge is -2.16. The number of halogens is 1. The normalized spacial score (nSPS) is 10.9. The smallest absolute Gasteiger partial charge is 0.119 e. The maximum absolute atomic E-state index is 5.70. The summed E-state index contributed by atoms with van der Waals surface area (Å²) in [5.74, 6) is 1.89. The highest BCUT2D eigenvalue weighted by atomic mass is 79.9. The Hall–Kier alpha value is -1.26. The van der Waals surface area contributed by atoms with Gasteiger partial charge in [-0.2, -0.15) is 0 Å². The summed E-state index contributed by atoms with van der Waals surface area (Å²) >= 11 is 3.40. The molecule has 2 aromatic rings. The number of likely N-dealkylation sites (N-methyl/N-ethyl adjacent to an activating group) is 1. The summed E-state index contributed by atoms with van der Waals surface area (Å²) < 4.78 is 12.0. The van der Waals surface area contributed by atoms with E-state index in [-0.39, 0.29) is 0 Å². The molecule has 0 saturated heterocycles. The minimum atomic E-state index is 0.676. The fourth-order valence-corrected chi connectivity index (χ4v) is 2.06. The first-order chi connectivity index (χ1) is 9.15. The van der Waals surface area contributed by atoms with E-state index in [1.807, 2.05) is 37.3 Å². The van der Waals surface area contributed by atoms with E-state index in [0.29, 0.717) is 6.61 Å². The molecule has 0 amide bonds. The standard InChI is InChI=1S/C15H18BrNO2/c1-12-13(7-9-18-12)11-17(2)8-10-19-15-5-3-14(16)4-6-15/h3-7,9H,8,10-11H2,1-2H3. The highest BCUT2D eigenvalue weighted by molar-refractivity contribution is 9.10. The molecule has 1 aromatic heterocycles. The molecular weight excluding hydrogens is 306 g/mol. The van der Waals surface area contributed by atoms with E-state index in [1.165, 1.54) is 5.56 Å².